The van der Waals surface area contributed by atoms with Gasteiger partial charge in [0.05, 0.1) is 0 Å². The van der Waals surface area contributed by atoms with Crippen molar-refractivity contribution in [2.24, 2.45) is 11.8 Å². The molecule has 0 N–H and O–H groups in total. The lowest BCUT2D eigenvalue weighted by molar-refractivity contribution is 0.552. The highest BCUT2D eigenvalue weighted by molar-refractivity contribution is 5.62. The second-order valence-corrected chi connectivity index (χ2v) is 7.51. The molecule has 0 spiro atoms. The molecule has 0 aliphatic heterocycles. The lowest BCUT2D eigenvalue weighted by atomic mass is 9.88. The van der Waals surface area contributed by atoms with Gasteiger partial charge in [-0.25, -0.2) is 0 Å². The molecule has 0 radical (unpaired) electrons. The van der Waals surface area contributed by atoms with Crippen molar-refractivity contribution in [2.45, 2.75) is 72.6 Å². The molecule has 0 saturated carbocycles. The van der Waals surface area contributed by atoms with Crippen LogP contribution in [0, 0.1) is 11.8 Å². The molecule has 2 aliphatic rings. The lowest BCUT2D eigenvalue weighted by Gasteiger charge is -2.17. The first-order valence-electron chi connectivity index (χ1n) is 8.87. The minimum atomic E-state index is 0.826. The van der Waals surface area contributed by atoms with Crippen LogP contribution in [0.4, 0.5) is 0 Å². The fraction of sp³-hybridized carbons (Fsp3) is 0.619. The van der Waals surface area contributed by atoms with Gasteiger partial charge < -0.3 is 0 Å². The topological polar surface area (TPSA) is 0 Å². The largest absolute Gasteiger partial charge is 0.0723 e. The third-order valence-electron chi connectivity index (χ3n) is 4.56. The van der Waals surface area contributed by atoms with E-state index in [1.54, 1.807) is 11.1 Å². The average molecular weight is 284 g/mol. The van der Waals surface area contributed by atoms with Gasteiger partial charge in [0.2, 0.25) is 0 Å². The van der Waals surface area contributed by atoms with E-state index < -0.39 is 0 Å². The van der Waals surface area contributed by atoms with Crippen molar-refractivity contribution in [1.82, 2.24) is 0 Å². The number of rotatable bonds is 8. The zero-order valence-corrected chi connectivity index (χ0v) is 14.4. The normalized spacial score (nSPS) is 17.6. The SMILES string of the molecule is CC(C)CCCC1=CC2=CC=C(CCCC(C)C)C2=CC1. The molecule has 0 atom stereocenters. The summed E-state index contributed by atoms with van der Waals surface area (Å²) in [4.78, 5) is 0. The molecule has 0 aromatic heterocycles. The minimum absolute atomic E-state index is 0.826. The standard InChI is InChI=1S/C21H32/c1-16(2)7-5-9-18-11-14-21-19(10-6-8-17(3)4)12-13-20(21)15-18/h12-17H,5-11H2,1-4H3. The minimum Gasteiger partial charge on any atom is -0.0723 e. The van der Waals surface area contributed by atoms with E-state index in [-0.39, 0.29) is 0 Å². The van der Waals surface area contributed by atoms with Crippen molar-refractivity contribution >= 4 is 0 Å². The molecule has 0 saturated heterocycles. The van der Waals surface area contributed by atoms with E-state index in [1.165, 1.54) is 56.1 Å². The van der Waals surface area contributed by atoms with Crippen LogP contribution < -0.4 is 0 Å². The molecule has 0 unspecified atom stereocenters. The summed E-state index contributed by atoms with van der Waals surface area (Å²) >= 11 is 0. The van der Waals surface area contributed by atoms with Crippen molar-refractivity contribution in [3.05, 3.63) is 46.6 Å². The molecule has 0 aromatic rings. The molecule has 0 aromatic carbocycles. The monoisotopic (exact) mass is 284 g/mol. The van der Waals surface area contributed by atoms with Crippen LogP contribution in [0.1, 0.15) is 72.6 Å². The molecule has 0 nitrogen and oxygen atoms in total. The van der Waals surface area contributed by atoms with Crippen LogP contribution in [0.2, 0.25) is 0 Å². The van der Waals surface area contributed by atoms with E-state index in [9.17, 15) is 0 Å². The quantitative estimate of drug-likeness (QED) is 0.462. The first kappa shape index (κ1) is 16.3. The number of hydrogen-bond donors (Lipinski definition) is 0. The van der Waals surface area contributed by atoms with Crippen molar-refractivity contribution in [3.8, 4) is 0 Å². The zero-order chi connectivity index (χ0) is 15.2. The Labute approximate surface area is 131 Å². The Kier molecular flexibility index (Phi) is 6.08. The van der Waals surface area contributed by atoms with Gasteiger partial charge in [-0.05, 0) is 60.7 Å². The van der Waals surface area contributed by atoms with E-state index >= 15 is 0 Å². The van der Waals surface area contributed by atoms with Gasteiger partial charge in [-0.3, -0.25) is 0 Å². The Morgan fingerprint density at radius 2 is 1.57 bits per heavy atom. The third kappa shape index (κ3) is 5.02. The van der Waals surface area contributed by atoms with E-state index in [2.05, 4.69) is 52.0 Å². The highest BCUT2D eigenvalue weighted by atomic mass is 14.2. The maximum Gasteiger partial charge on any atom is -0.0126 e. The Morgan fingerprint density at radius 3 is 2.24 bits per heavy atom. The first-order valence-corrected chi connectivity index (χ1v) is 8.87. The number of fused-ring (bicyclic) bond motifs is 1. The second-order valence-electron chi connectivity index (χ2n) is 7.51. The summed E-state index contributed by atoms with van der Waals surface area (Å²) in [6.07, 6.45) is 18.7. The van der Waals surface area contributed by atoms with Crippen LogP contribution in [0.25, 0.3) is 0 Å². The van der Waals surface area contributed by atoms with Gasteiger partial charge in [-0.1, -0.05) is 70.4 Å². The fourth-order valence-electron chi connectivity index (χ4n) is 3.27. The molecule has 0 heterocycles. The summed E-state index contributed by atoms with van der Waals surface area (Å²) in [7, 11) is 0. The van der Waals surface area contributed by atoms with Crippen LogP contribution >= 0.6 is 0 Å². The van der Waals surface area contributed by atoms with Gasteiger partial charge in [0, 0.05) is 0 Å². The van der Waals surface area contributed by atoms with Gasteiger partial charge in [0.25, 0.3) is 0 Å². The first-order chi connectivity index (χ1) is 10.1. The smallest absolute Gasteiger partial charge is 0.0126 e. The fourth-order valence-corrected chi connectivity index (χ4v) is 3.27. The number of hydrogen-bond acceptors (Lipinski definition) is 0. The average Bonchev–Trinajstić information content (AvgIpc) is 2.81. The molecule has 116 valence electrons. The van der Waals surface area contributed by atoms with Crippen LogP contribution in [0.15, 0.2) is 46.6 Å². The van der Waals surface area contributed by atoms with Crippen LogP contribution in [0.3, 0.4) is 0 Å². The van der Waals surface area contributed by atoms with Gasteiger partial charge in [0.15, 0.2) is 0 Å². The summed E-state index contributed by atoms with van der Waals surface area (Å²) in [5.74, 6) is 1.66. The van der Waals surface area contributed by atoms with Gasteiger partial charge >= 0.3 is 0 Å². The summed E-state index contributed by atoms with van der Waals surface area (Å²) in [6.45, 7) is 9.28. The van der Waals surface area contributed by atoms with E-state index in [1.807, 2.05) is 0 Å². The van der Waals surface area contributed by atoms with Crippen molar-refractivity contribution < 1.29 is 0 Å². The van der Waals surface area contributed by atoms with Gasteiger partial charge in [-0.2, -0.15) is 0 Å². The highest BCUT2D eigenvalue weighted by Crippen LogP contribution is 2.36. The van der Waals surface area contributed by atoms with E-state index in [0.29, 0.717) is 0 Å². The molecule has 0 amide bonds. The summed E-state index contributed by atoms with van der Waals surface area (Å²) in [5, 5.41) is 0. The zero-order valence-electron chi connectivity index (χ0n) is 14.4. The maximum atomic E-state index is 2.48. The van der Waals surface area contributed by atoms with E-state index in [4.69, 9.17) is 0 Å². The molecule has 2 aliphatic carbocycles. The Morgan fingerprint density at radius 1 is 0.905 bits per heavy atom. The summed E-state index contributed by atoms with van der Waals surface area (Å²) < 4.78 is 0. The Balaban J connectivity index is 1.81. The molecule has 0 bridgehead atoms. The highest BCUT2D eigenvalue weighted by Gasteiger charge is 2.17. The van der Waals surface area contributed by atoms with Gasteiger partial charge in [0.1, 0.15) is 0 Å². The third-order valence-corrected chi connectivity index (χ3v) is 4.56. The predicted molar refractivity (Wildman–Crippen MR) is 94.3 cm³/mol. The van der Waals surface area contributed by atoms with E-state index in [0.717, 1.165) is 11.8 Å². The molecule has 0 fully saturated rings. The Bertz CT molecular complexity index is 466. The lowest BCUT2D eigenvalue weighted by Crippen LogP contribution is -1.98. The Hall–Kier alpha value is -1.04. The van der Waals surface area contributed by atoms with Crippen LogP contribution in [0.5, 0.6) is 0 Å². The summed E-state index contributed by atoms with van der Waals surface area (Å²) in [6, 6.07) is 0. The van der Waals surface area contributed by atoms with Crippen molar-refractivity contribution in [1.29, 1.82) is 0 Å². The maximum absolute atomic E-state index is 2.48. The van der Waals surface area contributed by atoms with Crippen molar-refractivity contribution in [3.63, 3.8) is 0 Å². The number of allylic oxidation sites excluding steroid dienone is 8. The van der Waals surface area contributed by atoms with Crippen molar-refractivity contribution in [2.75, 3.05) is 0 Å². The molecular weight excluding hydrogens is 252 g/mol. The van der Waals surface area contributed by atoms with Gasteiger partial charge in [-0.15, -0.1) is 0 Å². The van der Waals surface area contributed by atoms with Crippen LogP contribution in [-0.2, 0) is 0 Å². The molecule has 21 heavy (non-hydrogen) atoms. The second kappa shape index (κ2) is 7.82. The van der Waals surface area contributed by atoms with Crippen LogP contribution in [-0.4, -0.2) is 0 Å². The predicted octanol–water partition coefficient (Wildman–Crippen LogP) is 6.76. The molecule has 2 rings (SSSR count). The molecule has 0 heteroatoms. The molecular formula is C21H32. The summed E-state index contributed by atoms with van der Waals surface area (Å²) in [5.41, 5.74) is 6.21.